The Morgan fingerprint density at radius 1 is 0.957 bits per heavy atom. The highest BCUT2D eigenvalue weighted by Gasteiger charge is 2.35. The van der Waals surface area contributed by atoms with Crippen LogP contribution in [0.15, 0.2) is 118 Å². The van der Waals surface area contributed by atoms with E-state index in [9.17, 15) is 19.5 Å². The van der Waals surface area contributed by atoms with E-state index in [0.29, 0.717) is 37.7 Å². The molecule has 4 aromatic carbocycles. The van der Waals surface area contributed by atoms with Crippen molar-refractivity contribution in [2.45, 2.75) is 19.6 Å². The van der Waals surface area contributed by atoms with Gasteiger partial charge >= 0.3 is 11.9 Å². The Labute approximate surface area is 274 Å². The van der Waals surface area contributed by atoms with Crippen molar-refractivity contribution in [2.24, 2.45) is 4.99 Å². The van der Waals surface area contributed by atoms with Crippen LogP contribution in [0.2, 0.25) is 0 Å². The fourth-order valence-corrected chi connectivity index (χ4v) is 6.34. The van der Waals surface area contributed by atoms with E-state index in [1.54, 1.807) is 50.4 Å². The Morgan fingerprint density at radius 3 is 2.43 bits per heavy atom. The van der Waals surface area contributed by atoms with Gasteiger partial charge in [0.2, 0.25) is 0 Å². The molecule has 1 atom stereocenters. The van der Waals surface area contributed by atoms with Crippen LogP contribution in [0, 0.1) is 0 Å². The molecule has 0 unspecified atom stereocenters. The maximum Gasteiger partial charge on any atom is 0.338 e. The SMILES string of the molecule is CCOC(=O)C1=C(c2ccccc2)N=c2s/c(=C\c3ccccc3OCc3ccc(C(=O)O)cc3)c(=O)n2[C@@H]1c1cccc(OC)c1. The highest BCUT2D eigenvalue weighted by Crippen LogP contribution is 2.36. The number of methoxy groups -OCH3 is 1. The van der Waals surface area contributed by atoms with E-state index < -0.39 is 18.0 Å². The second kappa shape index (κ2) is 13.7. The van der Waals surface area contributed by atoms with Crippen LogP contribution < -0.4 is 24.4 Å². The fraction of sp³-hybridized carbons (Fsp3) is 0.135. The zero-order valence-corrected chi connectivity index (χ0v) is 26.4. The van der Waals surface area contributed by atoms with Crippen LogP contribution >= 0.6 is 11.3 Å². The lowest BCUT2D eigenvalue weighted by Crippen LogP contribution is -2.40. The predicted octanol–water partition coefficient (Wildman–Crippen LogP) is 5.22. The molecule has 1 aliphatic heterocycles. The monoisotopic (exact) mass is 646 g/mol. The molecule has 1 aromatic heterocycles. The van der Waals surface area contributed by atoms with Crippen LogP contribution in [0.1, 0.15) is 45.6 Å². The summed E-state index contributed by atoms with van der Waals surface area (Å²) in [5.41, 5.74) is 3.41. The molecule has 5 aromatic rings. The average molecular weight is 647 g/mol. The molecule has 0 saturated heterocycles. The number of carbonyl (C=O) groups is 2. The summed E-state index contributed by atoms with van der Waals surface area (Å²) in [6, 6.07) is 29.6. The molecule has 0 bridgehead atoms. The standard InChI is InChI=1S/C37H30N2O7S/c1-3-45-36(43)31-32(24-10-5-4-6-11-24)38-37-39(33(31)27-13-9-14-28(20-27)44-2)34(40)30(47-37)21-26-12-7-8-15-29(26)46-22-23-16-18-25(19-17-23)35(41)42/h4-21,33H,3,22H2,1-2H3,(H,41,42)/b30-21-/t33-/m1/s1. The zero-order chi connectivity index (χ0) is 32.9. The van der Waals surface area contributed by atoms with Crippen LogP contribution in [-0.2, 0) is 16.1 Å². The summed E-state index contributed by atoms with van der Waals surface area (Å²) in [6.07, 6.45) is 1.76. The maximum absolute atomic E-state index is 14.3. The van der Waals surface area contributed by atoms with Crippen LogP contribution in [0.5, 0.6) is 11.5 Å². The lowest BCUT2D eigenvalue weighted by molar-refractivity contribution is -0.138. The average Bonchev–Trinajstić information content (AvgIpc) is 3.41. The highest BCUT2D eigenvalue weighted by molar-refractivity contribution is 7.07. The molecule has 0 saturated carbocycles. The van der Waals surface area contributed by atoms with Gasteiger partial charge in [-0.3, -0.25) is 9.36 Å². The molecule has 0 amide bonds. The molecule has 0 spiro atoms. The van der Waals surface area contributed by atoms with Crippen molar-refractivity contribution < 1.29 is 28.9 Å². The van der Waals surface area contributed by atoms with E-state index in [1.807, 2.05) is 60.7 Å². The molecule has 236 valence electrons. The number of carboxylic acid groups (broad SMARTS) is 1. The molecule has 10 heteroatoms. The third-order valence-corrected chi connectivity index (χ3v) is 8.57. The van der Waals surface area contributed by atoms with E-state index in [4.69, 9.17) is 19.2 Å². The lowest BCUT2D eigenvalue weighted by atomic mass is 9.93. The summed E-state index contributed by atoms with van der Waals surface area (Å²) >= 11 is 1.22. The van der Waals surface area contributed by atoms with E-state index in [1.165, 1.54) is 28.0 Å². The zero-order valence-electron chi connectivity index (χ0n) is 25.6. The first-order valence-electron chi connectivity index (χ1n) is 14.8. The second-order valence-electron chi connectivity index (χ2n) is 10.5. The maximum atomic E-state index is 14.3. The van der Waals surface area contributed by atoms with Crippen molar-refractivity contribution in [2.75, 3.05) is 13.7 Å². The molecular formula is C37H30N2O7S. The topological polar surface area (TPSA) is 116 Å². The third-order valence-electron chi connectivity index (χ3n) is 7.58. The number of thiazole rings is 1. The molecule has 0 radical (unpaired) electrons. The molecule has 0 aliphatic carbocycles. The van der Waals surface area contributed by atoms with Gasteiger partial charge in [0.05, 0.1) is 41.1 Å². The fourth-order valence-electron chi connectivity index (χ4n) is 5.34. The van der Waals surface area contributed by atoms with Crippen LogP contribution in [0.3, 0.4) is 0 Å². The van der Waals surface area contributed by atoms with Crippen molar-refractivity contribution in [3.63, 3.8) is 0 Å². The predicted molar refractivity (Wildman–Crippen MR) is 178 cm³/mol. The number of aromatic nitrogens is 1. The van der Waals surface area contributed by atoms with Crippen molar-refractivity contribution in [3.05, 3.63) is 156 Å². The van der Waals surface area contributed by atoms with Gasteiger partial charge in [0.15, 0.2) is 4.80 Å². The van der Waals surface area contributed by atoms with Gasteiger partial charge in [-0.15, -0.1) is 0 Å². The number of ether oxygens (including phenoxy) is 3. The number of esters is 1. The van der Waals surface area contributed by atoms with Gasteiger partial charge in [-0.1, -0.05) is 84.1 Å². The Hall–Kier alpha value is -5.74. The van der Waals surface area contributed by atoms with Gasteiger partial charge in [-0.05, 0) is 54.5 Å². The number of para-hydroxylation sites is 1. The van der Waals surface area contributed by atoms with Crippen molar-refractivity contribution >= 4 is 35.0 Å². The van der Waals surface area contributed by atoms with Crippen molar-refractivity contribution in [1.82, 2.24) is 4.57 Å². The van der Waals surface area contributed by atoms with Gasteiger partial charge in [0.1, 0.15) is 18.1 Å². The molecule has 0 fully saturated rings. The number of hydrogen-bond acceptors (Lipinski definition) is 8. The first-order chi connectivity index (χ1) is 22.9. The van der Waals surface area contributed by atoms with E-state index in [-0.39, 0.29) is 29.9 Å². The third kappa shape index (κ3) is 6.49. The molecule has 1 N–H and O–H groups in total. The Bertz CT molecular complexity index is 2170. The highest BCUT2D eigenvalue weighted by atomic mass is 32.1. The number of nitrogens with zero attached hydrogens (tertiary/aromatic N) is 2. The quantitative estimate of drug-likeness (QED) is 0.207. The number of fused-ring (bicyclic) bond motifs is 1. The summed E-state index contributed by atoms with van der Waals surface area (Å²) in [4.78, 5) is 44.5. The molecular weight excluding hydrogens is 616 g/mol. The number of carbonyl (C=O) groups excluding carboxylic acids is 1. The summed E-state index contributed by atoms with van der Waals surface area (Å²) in [7, 11) is 1.56. The molecule has 9 nitrogen and oxygen atoms in total. The Morgan fingerprint density at radius 2 is 1.70 bits per heavy atom. The number of benzene rings is 4. The number of aromatic carboxylic acids is 1. The molecule has 1 aliphatic rings. The summed E-state index contributed by atoms with van der Waals surface area (Å²) in [6.45, 7) is 2.09. The molecule has 47 heavy (non-hydrogen) atoms. The molecule has 6 rings (SSSR count). The van der Waals surface area contributed by atoms with E-state index >= 15 is 0 Å². The van der Waals surface area contributed by atoms with Crippen LogP contribution in [0.25, 0.3) is 11.8 Å². The normalized spacial score (nSPS) is 14.3. The summed E-state index contributed by atoms with van der Waals surface area (Å²) in [5, 5.41) is 9.19. The van der Waals surface area contributed by atoms with Gasteiger partial charge in [0.25, 0.3) is 5.56 Å². The van der Waals surface area contributed by atoms with Crippen molar-refractivity contribution in [3.8, 4) is 11.5 Å². The Balaban J connectivity index is 1.49. The lowest BCUT2D eigenvalue weighted by Gasteiger charge is -2.26. The van der Waals surface area contributed by atoms with Gasteiger partial charge in [0, 0.05) is 11.1 Å². The minimum atomic E-state index is -0.997. The first-order valence-corrected chi connectivity index (χ1v) is 15.7. The van der Waals surface area contributed by atoms with Gasteiger partial charge in [-0.2, -0.15) is 0 Å². The summed E-state index contributed by atoms with van der Waals surface area (Å²) in [5.74, 6) is -0.438. The smallest absolute Gasteiger partial charge is 0.338 e. The van der Waals surface area contributed by atoms with E-state index in [0.717, 1.165) is 11.1 Å². The number of hydrogen-bond donors (Lipinski definition) is 1. The van der Waals surface area contributed by atoms with Crippen LogP contribution in [-0.4, -0.2) is 35.3 Å². The number of carboxylic acids is 1. The van der Waals surface area contributed by atoms with Crippen LogP contribution in [0.4, 0.5) is 0 Å². The minimum Gasteiger partial charge on any atom is -0.497 e. The summed E-state index contributed by atoms with van der Waals surface area (Å²) < 4.78 is 19.1. The first kappa shape index (κ1) is 31.3. The van der Waals surface area contributed by atoms with Gasteiger partial charge in [-0.25, -0.2) is 14.6 Å². The Kier molecular flexibility index (Phi) is 9.12. The minimum absolute atomic E-state index is 0.153. The largest absolute Gasteiger partial charge is 0.497 e. The van der Waals surface area contributed by atoms with Gasteiger partial charge < -0.3 is 19.3 Å². The second-order valence-corrected chi connectivity index (χ2v) is 11.5. The number of rotatable bonds is 10. The van der Waals surface area contributed by atoms with Crippen molar-refractivity contribution in [1.29, 1.82) is 0 Å². The molecule has 2 heterocycles. The van der Waals surface area contributed by atoms with E-state index in [2.05, 4.69) is 0 Å².